The fourth-order valence-corrected chi connectivity index (χ4v) is 1.65. The summed E-state index contributed by atoms with van der Waals surface area (Å²) in [6.45, 7) is 12.0. The number of ether oxygens (including phenoxy) is 2. The van der Waals surface area contributed by atoms with Crippen molar-refractivity contribution in [1.82, 2.24) is 5.32 Å². The summed E-state index contributed by atoms with van der Waals surface area (Å²) in [5.74, 6) is 1.68. The van der Waals surface area contributed by atoms with Gasteiger partial charge in [-0.05, 0) is 38.0 Å². The topological polar surface area (TPSA) is 30.5 Å². The Morgan fingerprint density at radius 1 is 1.11 bits per heavy atom. The van der Waals surface area contributed by atoms with Gasteiger partial charge in [0.2, 0.25) is 0 Å². The Kier molecular flexibility index (Phi) is 6.71. The maximum Gasteiger partial charge on any atom is 0.161 e. The van der Waals surface area contributed by atoms with Crippen molar-refractivity contribution in [3.8, 4) is 11.5 Å². The van der Waals surface area contributed by atoms with E-state index in [-0.39, 0.29) is 6.10 Å². The molecular weight excluding hydrogens is 238 g/mol. The Morgan fingerprint density at radius 2 is 1.84 bits per heavy atom. The van der Waals surface area contributed by atoms with Crippen LogP contribution in [0.5, 0.6) is 11.5 Å². The molecule has 0 spiro atoms. The van der Waals surface area contributed by atoms with Gasteiger partial charge in [-0.25, -0.2) is 0 Å². The molecule has 1 aromatic rings. The Labute approximate surface area is 117 Å². The van der Waals surface area contributed by atoms with Gasteiger partial charge in [-0.3, -0.25) is 0 Å². The van der Waals surface area contributed by atoms with Crippen LogP contribution < -0.4 is 14.8 Å². The Hall–Kier alpha value is -1.22. The van der Waals surface area contributed by atoms with Crippen LogP contribution in [0.4, 0.5) is 0 Å². The highest BCUT2D eigenvalue weighted by molar-refractivity contribution is 5.43. The molecule has 0 amide bonds. The number of benzene rings is 1. The molecule has 0 heterocycles. The van der Waals surface area contributed by atoms with Gasteiger partial charge in [0, 0.05) is 12.6 Å². The summed E-state index contributed by atoms with van der Waals surface area (Å²) in [5.41, 5.74) is 1.22. The molecule has 3 heteroatoms. The van der Waals surface area contributed by atoms with Crippen molar-refractivity contribution in [2.45, 2.75) is 59.7 Å². The third-order valence-electron chi connectivity index (χ3n) is 2.93. The lowest BCUT2D eigenvalue weighted by Gasteiger charge is -2.17. The first-order chi connectivity index (χ1) is 9.06. The second kappa shape index (κ2) is 8.05. The summed E-state index contributed by atoms with van der Waals surface area (Å²) in [6, 6.07) is 6.65. The molecule has 1 aromatic carbocycles. The van der Waals surface area contributed by atoms with Gasteiger partial charge in [0.15, 0.2) is 11.5 Å². The van der Waals surface area contributed by atoms with Gasteiger partial charge in [-0.2, -0.15) is 0 Å². The molecule has 0 aliphatic heterocycles. The highest BCUT2D eigenvalue weighted by atomic mass is 16.5. The Balaban J connectivity index is 2.81. The van der Waals surface area contributed by atoms with E-state index in [9.17, 15) is 0 Å². The highest BCUT2D eigenvalue weighted by Crippen LogP contribution is 2.29. The molecular formula is C16H27NO2. The van der Waals surface area contributed by atoms with Crippen LogP contribution in [0.3, 0.4) is 0 Å². The van der Waals surface area contributed by atoms with Gasteiger partial charge < -0.3 is 14.8 Å². The Bertz CT molecular complexity index is 377. The molecule has 0 fully saturated rings. The molecule has 108 valence electrons. The number of rotatable bonds is 8. The minimum absolute atomic E-state index is 0.207. The van der Waals surface area contributed by atoms with Crippen molar-refractivity contribution >= 4 is 0 Å². The van der Waals surface area contributed by atoms with Crippen molar-refractivity contribution in [3.63, 3.8) is 0 Å². The summed E-state index contributed by atoms with van der Waals surface area (Å²) in [6.07, 6.45) is 1.20. The first kappa shape index (κ1) is 15.8. The lowest BCUT2D eigenvalue weighted by Crippen LogP contribution is -2.21. The number of hydrogen-bond donors (Lipinski definition) is 1. The smallest absolute Gasteiger partial charge is 0.161 e. The van der Waals surface area contributed by atoms with Crippen LogP contribution in [0.15, 0.2) is 18.2 Å². The van der Waals surface area contributed by atoms with Crippen LogP contribution in [-0.2, 0) is 6.54 Å². The first-order valence-corrected chi connectivity index (χ1v) is 7.22. The van der Waals surface area contributed by atoms with Crippen molar-refractivity contribution < 1.29 is 9.47 Å². The number of hydrogen-bond acceptors (Lipinski definition) is 3. The largest absolute Gasteiger partial charge is 0.490 e. The van der Waals surface area contributed by atoms with Gasteiger partial charge >= 0.3 is 0 Å². The van der Waals surface area contributed by atoms with Gasteiger partial charge in [0.25, 0.3) is 0 Å². The van der Waals surface area contributed by atoms with Crippen molar-refractivity contribution in [2.24, 2.45) is 0 Å². The van der Waals surface area contributed by atoms with Crippen LogP contribution in [0.2, 0.25) is 0 Å². The molecule has 1 atom stereocenters. The second-order valence-corrected chi connectivity index (χ2v) is 5.09. The monoisotopic (exact) mass is 265 g/mol. The maximum atomic E-state index is 5.88. The number of nitrogens with one attached hydrogen (secondary N) is 1. The van der Waals surface area contributed by atoms with Crippen LogP contribution in [0, 0.1) is 0 Å². The van der Waals surface area contributed by atoms with Crippen molar-refractivity contribution in [1.29, 1.82) is 0 Å². The Morgan fingerprint density at radius 3 is 2.42 bits per heavy atom. The second-order valence-electron chi connectivity index (χ2n) is 5.09. The predicted molar refractivity (Wildman–Crippen MR) is 80.0 cm³/mol. The molecule has 0 radical (unpaired) electrons. The van der Waals surface area contributed by atoms with Crippen LogP contribution in [-0.4, -0.2) is 18.8 Å². The van der Waals surface area contributed by atoms with E-state index in [0.717, 1.165) is 24.5 Å². The van der Waals surface area contributed by atoms with E-state index >= 15 is 0 Å². The summed E-state index contributed by atoms with van der Waals surface area (Å²) >= 11 is 0. The van der Waals surface area contributed by atoms with E-state index in [1.165, 1.54) is 5.56 Å². The normalized spacial score (nSPS) is 12.5. The average molecular weight is 265 g/mol. The van der Waals surface area contributed by atoms with Gasteiger partial charge in [-0.15, -0.1) is 0 Å². The van der Waals surface area contributed by atoms with Crippen molar-refractivity contribution in [2.75, 3.05) is 6.61 Å². The molecule has 1 rings (SSSR count). The van der Waals surface area contributed by atoms with Crippen molar-refractivity contribution in [3.05, 3.63) is 23.8 Å². The van der Waals surface area contributed by atoms with Gasteiger partial charge in [0.1, 0.15) is 0 Å². The van der Waals surface area contributed by atoms with E-state index in [4.69, 9.17) is 9.47 Å². The predicted octanol–water partition coefficient (Wildman–Crippen LogP) is 3.76. The fourth-order valence-electron chi connectivity index (χ4n) is 1.65. The lowest BCUT2D eigenvalue weighted by atomic mass is 10.2. The van der Waals surface area contributed by atoms with E-state index in [0.29, 0.717) is 12.6 Å². The zero-order valence-electron chi connectivity index (χ0n) is 12.8. The molecule has 3 nitrogen and oxygen atoms in total. The molecule has 0 saturated carbocycles. The standard InChI is InChI=1S/C16H27NO2/c1-6-13(5)19-15-9-8-14(11-17-12(3)4)10-16(15)18-7-2/h8-10,12-13,17H,6-7,11H2,1-5H3/t13-/m1/s1. The van der Waals surface area contributed by atoms with Crippen LogP contribution >= 0.6 is 0 Å². The molecule has 0 aliphatic rings. The minimum Gasteiger partial charge on any atom is -0.490 e. The quantitative estimate of drug-likeness (QED) is 0.776. The zero-order chi connectivity index (χ0) is 14.3. The lowest BCUT2D eigenvalue weighted by molar-refractivity contribution is 0.203. The maximum absolute atomic E-state index is 5.88. The SMILES string of the molecule is CCOc1cc(CNC(C)C)ccc1O[C@H](C)CC. The zero-order valence-corrected chi connectivity index (χ0v) is 12.8. The highest BCUT2D eigenvalue weighted by Gasteiger charge is 2.09. The fraction of sp³-hybridized carbons (Fsp3) is 0.625. The molecule has 0 bridgehead atoms. The molecule has 0 aliphatic carbocycles. The van der Waals surface area contributed by atoms with E-state index in [2.05, 4.69) is 45.1 Å². The summed E-state index contributed by atoms with van der Waals surface area (Å²) in [7, 11) is 0. The van der Waals surface area contributed by atoms with E-state index in [1.54, 1.807) is 0 Å². The summed E-state index contributed by atoms with van der Waals surface area (Å²) in [5, 5.41) is 3.41. The van der Waals surface area contributed by atoms with Gasteiger partial charge in [-0.1, -0.05) is 26.8 Å². The van der Waals surface area contributed by atoms with E-state index in [1.807, 2.05) is 13.0 Å². The van der Waals surface area contributed by atoms with E-state index < -0.39 is 0 Å². The first-order valence-electron chi connectivity index (χ1n) is 7.22. The molecule has 0 aromatic heterocycles. The molecule has 0 unspecified atom stereocenters. The summed E-state index contributed by atoms with van der Waals surface area (Å²) in [4.78, 5) is 0. The third-order valence-corrected chi connectivity index (χ3v) is 2.93. The molecule has 19 heavy (non-hydrogen) atoms. The van der Waals surface area contributed by atoms with Crippen LogP contribution in [0.1, 0.15) is 46.6 Å². The summed E-state index contributed by atoms with van der Waals surface area (Å²) < 4.78 is 11.6. The third kappa shape index (κ3) is 5.52. The van der Waals surface area contributed by atoms with Crippen LogP contribution in [0.25, 0.3) is 0 Å². The average Bonchev–Trinajstić information content (AvgIpc) is 2.39. The van der Waals surface area contributed by atoms with Gasteiger partial charge in [0.05, 0.1) is 12.7 Å². The molecule has 1 N–H and O–H groups in total. The molecule has 0 saturated heterocycles. The minimum atomic E-state index is 0.207.